The van der Waals surface area contributed by atoms with Gasteiger partial charge in [0.2, 0.25) is 0 Å². The highest BCUT2D eigenvalue weighted by Crippen LogP contribution is 2.20. The molecule has 1 aliphatic heterocycles. The molecule has 1 aliphatic carbocycles. The first-order chi connectivity index (χ1) is 6.72. The highest BCUT2D eigenvalue weighted by atomic mass is 16.5. The lowest BCUT2D eigenvalue weighted by molar-refractivity contribution is 0.144. The number of aromatic nitrogens is 2. The van der Waals surface area contributed by atoms with Crippen molar-refractivity contribution in [1.29, 1.82) is 0 Å². The van der Waals surface area contributed by atoms with E-state index in [9.17, 15) is 0 Å². The van der Waals surface area contributed by atoms with E-state index in [4.69, 9.17) is 10.9 Å². The van der Waals surface area contributed by atoms with Crippen molar-refractivity contribution in [2.75, 3.05) is 12.8 Å². The molecule has 2 aliphatic rings. The first-order valence-electron chi connectivity index (χ1n) is 4.12. The van der Waals surface area contributed by atoms with E-state index in [1.54, 1.807) is 25.2 Å². The first-order valence-corrected chi connectivity index (χ1v) is 4.12. The molecule has 2 rings (SSSR count). The highest BCUT2D eigenvalue weighted by molar-refractivity contribution is 5.73. The summed E-state index contributed by atoms with van der Waals surface area (Å²) in [6.07, 6.45) is 1.43. The maximum absolute atomic E-state index is 9.16. The van der Waals surface area contributed by atoms with Crippen LogP contribution in [-0.4, -0.2) is 22.2 Å². The number of anilines is 1. The van der Waals surface area contributed by atoms with E-state index in [1.807, 2.05) is 0 Å². The topological polar surface area (TPSA) is 76.4 Å². The Balaban J connectivity index is 2.91. The zero-order chi connectivity index (χ0) is 10.1. The van der Waals surface area contributed by atoms with Gasteiger partial charge in [0, 0.05) is 18.3 Å². The van der Waals surface area contributed by atoms with Crippen LogP contribution in [0.2, 0.25) is 0 Å². The zero-order valence-corrected chi connectivity index (χ0v) is 7.68. The molecule has 72 valence electrons. The number of nitrogens with two attached hydrogens (primary N) is 1. The second kappa shape index (κ2) is 3.02. The van der Waals surface area contributed by atoms with Crippen molar-refractivity contribution in [3.63, 3.8) is 0 Å². The molecular formula is C9H10N4O. The molecular weight excluding hydrogens is 180 g/mol. The quantitative estimate of drug-likeness (QED) is 0.464. The number of nitrogen functional groups attached to an aromatic ring is 1. The molecule has 0 aromatic carbocycles. The van der Waals surface area contributed by atoms with Crippen LogP contribution < -0.4 is 11.1 Å². The minimum absolute atomic E-state index is 0.595. The second-order valence-electron chi connectivity index (χ2n) is 2.90. The molecule has 3 N–H and O–H groups in total. The predicted molar refractivity (Wildman–Crippen MR) is 51.9 cm³/mol. The van der Waals surface area contributed by atoms with Gasteiger partial charge in [-0.05, 0) is 18.2 Å². The van der Waals surface area contributed by atoms with Crippen LogP contribution in [0.4, 0.5) is 5.69 Å². The Hall–Kier alpha value is -2.04. The fourth-order valence-electron chi connectivity index (χ4n) is 1.35. The van der Waals surface area contributed by atoms with Gasteiger partial charge in [0.05, 0.1) is 11.6 Å². The predicted octanol–water partition coefficient (Wildman–Crippen LogP) is 0.338. The molecule has 0 spiro atoms. The molecule has 5 heteroatoms. The zero-order valence-electron chi connectivity index (χ0n) is 7.68. The molecule has 0 unspecified atom stereocenters. The molecule has 1 heterocycles. The molecule has 0 amide bonds. The van der Waals surface area contributed by atoms with Crippen LogP contribution in [0.15, 0.2) is 29.4 Å². The van der Waals surface area contributed by atoms with Crippen molar-refractivity contribution in [2.45, 2.75) is 0 Å². The third-order valence-corrected chi connectivity index (χ3v) is 2.05. The van der Waals surface area contributed by atoms with Gasteiger partial charge in [-0.1, -0.05) is 0 Å². The van der Waals surface area contributed by atoms with Gasteiger partial charge in [0.1, 0.15) is 5.69 Å². The molecule has 0 bridgehead atoms. The lowest BCUT2D eigenvalue weighted by Gasteiger charge is -2.08. The normalized spacial score (nSPS) is 12.2. The third kappa shape index (κ3) is 1.19. The number of hydrogen-bond donors (Lipinski definition) is 2. The number of nitrogens with zero attached hydrogens (tertiary/aromatic N) is 3. The molecule has 0 atom stereocenters. The van der Waals surface area contributed by atoms with Gasteiger partial charge in [0.25, 0.3) is 0 Å². The van der Waals surface area contributed by atoms with Crippen LogP contribution in [0.1, 0.15) is 0 Å². The minimum atomic E-state index is 0.595. The van der Waals surface area contributed by atoms with E-state index in [0.29, 0.717) is 16.7 Å². The molecule has 0 saturated carbocycles. The molecule has 0 aromatic heterocycles. The van der Waals surface area contributed by atoms with Gasteiger partial charge in [-0.2, -0.15) is 0 Å². The average molecular weight is 190 g/mol. The van der Waals surface area contributed by atoms with Crippen LogP contribution in [0.5, 0.6) is 0 Å². The SMILES string of the molecule is CN=c1ccc(N)c2ccn(O)nc1-2. The van der Waals surface area contributed by atoms with Crippen molar-refractivity contribution in [2.24, 2.45) is 4.99 Å². The molecule has 5 nitrogen and oxygen atoms in total. The summed E-state index contributed by atoms with van der Waals surface area (Å²) in [5, 5.41) is 13.8. The number of fused-ring (bicyclic) bond motifs is 1. The Labute approximate surface area is 80.4 Å². The van der Waals surface area contributed by atoms with Crippen LogP contribution in [0.3, 0.4) is 0 Å². The first kappa shape index (κ1) is 8.55. The lowest BCUT2D eigenvalue weighted by atomic mass is 10.1. The van der Waals surface area contributed by atoms with Gasteiger partial charge in [-0.15, -0.1) is 9.94 Å². The minimum Gasteiger partial charge on any atom is -0.412 e. The maximum atomic E-state index is 9.16. The van der Waals surface area contributed by atoms with Gasteiger partial charge >= 0.3 is 0 Å². The van der Waals surface area contributed by atoms with Gasteiger partial charge in [0.15, 0.2) is 0 Å². The molecule has 14 heavy (non-hydrogen) atoms. The summed E-state index contributed by atoms with van der Waals surface area (Å²) in [7, 11) is 1.67. The van der Waals surface area contributed by atoms with E-state index >= 15 is 0 Å². The van der Waals surface area contributed by atoms with Gasteiger partial charge < -0.3 is 10.9 Å². The summed E-state index contributed by atoms with van der Waals surface area (Å²) in [6, 6.07) is 5.24. The second-order valence-corrected chi connectivity index (χ2v) is 2.90. The number of hydrogen-bond acceptors (Lipinski definition) is 4. The fourth-order valence-corrected chi connectivity index (χ4v) is 1.35. The largest absolute Gasteiger partial charge is 0.412 e. The Morgan fingerprint density at radius 3 is 2.93 bits per heavy atom. The van der Waals surface area contributed by atoms with Crippen LogP contribution in [0.25, 0.3) is 11.3 Å². The van der Waals surface area contributed by atoms with E-state index < -0.39 is 0 Å². The fraction of sp³-hybridized carbons (Fsp3) is 0.111. The van der Waals surface area contributed by atoms with Gasteiger partial charge in [-0.3, -0.25) is 4.99 Å². The van der Waals surface area contributed by atoms with Crippen LogP contribution >= 0.6 is 0 Å². The van der Waals surface area contributed by atoms with Crippen molar-refractivity contribution in [1.82, 2.24) is 9.94 Å². The van der Waals surface area contributed by atoms with Crippen molar-refractivity contribution in [3.05, 3.63) is 29.8 Å². The Bertz CT molecular complexity index is 503. The third-order valence-electron chi connectivity index (χ3n) is 2.05. The van der Waals surface area contributed by atoms with Crippen LogP contribution in [-0.2, 0) is 0 Å². The molecule has 0 saturated heterocycles. The van der Waals surface area contributed by atoms with Crippen LogP contribution in [0, 0.1) is 0 Å². The van der Waals surface area contributed by atoms with E-state index in [0.717, 1.165) is 10.4 Å². The lowest BCUT2D eigenvalue weighted by Crippen LogP contribution is -2.14. The van der Waals surface area contributed by atoms with E-state index in [2.05, 4.69) is 10.1 Å². The van der Waals surface area contributed by atoms with Crippen molar-refractivity contribution < 1.29 is 5.21 Å². The van der Waals surface area contributed by atoms with E-state index in [1.165, 1.54) is 6.20 Å². The van der Waals surface area contributed by atoms with Crippen molar-refractivity contribution in [3.8, 4) is 11.3 Å². The average Bonchev–Trinajstić information content (AvgIpc) is 2.18. The van der Waals surface area contributed by atoms with Gasteiger partial charge in [-0.25, -0.2) is 0 Å². The molecule has 0 aromatic rings. The molecule has 0 fully saturated rings. The summed E-state index contributed by atoms with van der Waals surface area (Å²) in [5.41, 5.74) is 7.77. The number of rotatable bonds is 0. The summed E-state index contributed by atoms with van der Waals surface area (Å²) >= 11 is 0. The summed E-state index contributed by atoms with van der Waals surface area (Å²) in [6.45, 7) is 0. The maximum Gasteiger partial charge on any atom is 0.121 e. The standard InChI is InChI=1S/C9H10N4O/c1-11-8-3-2-7(10)6-4-5-13(14)12-9(6)8/h2-5,14H,10H2,1H3. The Morgan fingerprint density at radius 1 is 1.43 bits per heavy atom. The monoisotopic (exact) mass is 190 g/mol. The van der Waals surface area contributed by atoms with E-state index in [-0.39, 0.29) is 0 Å². The molecule has 0 radical (unpaired) electrons. The summed E-state index contributed by atoms with van der Waals surface area (Å²) in [5.74, 6) is 0. The number of benzene rings is 1. The smallest absolute Gasteiger partial charge is 0.121 e. The van der Waals surface area contributed by atoms with Crippen molar-refractivity contribution >= 4 is 5.69 Å². The summed E-state index contributed by atoms with van der Waals surface area (Å²) < 4.78 is 0. The summed E-state index contributed by atoms with van der Waals surface area (Å²) in [4.78, 5) is 4.78. The Kier molecular flexibility index (Phi) is 1.85. The Morgan fingerprint density at radius 2 is 2.21 bits per heavy atom. The highest BCUT2D eigenvalue weighted by Gasteiger charge is 2.09.